The van der Waals surface area contributed by atoms with Crippen LogP contribution in [0, 0.1) is 0 Å². The van der Waals surface area contributed by atoms with E-state index in [0.29, 0.717) is 91.3 Å². The second kappa shape index (κ2) is 86.1. The molecule has 0 aromatic heterocycles. The first-order chi connectivity index (χ1) is 54.1. The van der Waals surface area contributed by atoms with Gasteiger partial charge in [-0.05, 0) is 190 Å². The maximum Gasteiger partial charge on any atom is 0.113 e. The summed E-state index contributed by atoms with van der Waals surface area (Å²) in [6.45, 7) is 104. The summed E-state index contributed by atoms with van der Waals surface area (Å²) in [7, 11) is -3.07. The van der Waals surface area contributed by atoms with Crippen LogP contribution in [0.2, 0.25) is 57.4 Å². The van der Waals surface area contributed by atoms with E-state index in [-0.39, 0.29) is 48.8 Å². The molecule has 670 valence electrons. The van der Waals surface area contributed by atoms with Crippen LogP contribution in [0.15, 0.2) is 219 Å². The largest absolute Gasteiger partial charge is 0.390 e. The predicted octanol–water partition coefficient (Wildman–Crippen LogP) is 16.4. The van der Waals surface area contributed by atoms with E-state index in [0.717, 1.165) is 41.8 Å². The lowest BCUT2D eigenvalue weighted by Crippen LogP contribution is -2.50. The molecule has 0 heterocycles. The fourth-order valence-electron chi connectivity index (χ4n) is 8.53. The van der Waals surface area contributed by atoms with Crippen LogP contribution in [0.25, 0.3) is 0 Å². The van der Waals surface area contributed by atoms with Gasteiger partial charge in [0.05, 0.1) is 142 Å². The lowest BCUT2D eigenvalue weighted by atomic mass is 10.1. The van der Waals surface area contributed by atoms with Crippen molar-refractivity contribution in [2.24, 2.45) is 54.9 Å². The highest BCUT2D eigenvalue weighted by Crippen LogP contribution is 2.25. The zero-order valence-corrected chi connectivity index (χ0v) is 81.2. The number of nitrogens with zero attached hydrogens (tertiary/aromatic N) is 11. The Hall–Kier alpha value is -6.80. The Morgan fingerprint density at radius 3 is 0.750 bits per heavy atom. The van der Waals surface area contributed by atoms with Crippen LogP contribution in [0.1, 0.15) is 158 Å². The van der Waals surface area contributed by atoms with Crippen molar-refractivity contribution in [3.8, 4) is 0 Å². The van der Waals surface area contributed by atoms with Gasteiger partial charge in [-0.3, -0.25) is 54.9 Å². The first-order valence-corrected chi connectivity index (χ1v) is 50.4. The summed E-state index contributed by atoms with van der Waals surface area (Å²) in [5.41, 5.74) is 6.35. The van der Waals surface area contributed by atoms with Gasteiger partial charge in [0.25, 0.3) is 0 Å². The monoisotopic (exact) mass is 1680 g/mol. The molecule has 22 nitrogen and oxygen atoms in total. The Bertz CT molecular complexity index is 2980. The van der Waals surface area contributed by atoms with Gasteiger partial charge in [-0.15, -0.1) is 13.2 Å². The normalized spacial score (nSPS) is 14.8. The van der Waals surface area contributed by atoms with Gasteiger partial charge in [0.2, 0.25) is 0 Å². The smallest absolute Gasteiger partial charge is 0.113 e. The fraction of sp³-hybridized carbons (Fsp3) is 0.593. The van der Waals surface area contributed by atoms with Crippen molar-refractivity contribution in [3.05, 3.63) is 165 Å². The van der Waals surface area contributed by atoms with Gasteiger partial charge in [-0.25, -0.2) is 0 Å². The molecule has 11 N–H and O–H groups in total. The van der Waals surface area contributed by atoms with Crippen molar-refractivity contribution in [2.75, 3.05) is 59.5 Å². The Morgan fingerprint density at radius 2 is 0.552 bits per heavy atom. The SMILES string of the molecule is C=CC(=NC(C)C)C(C)O.C=CC(=NC(C)C)C(O)CC.C=CC(=NC(C)C)C(O)[Si](C)(C)C.C=CC(=NC)C(O)C=C.C=CC(=NCC)C(C)O.C=CC(=NCC)C(O)C=C.C=CC(=NCC)C(O)CC.C=CC(=NCC)C(O)[Si](C)(C)C.C=CC(=NCC)C(O)[Si](CC)(CC)CC.C=CC(CO)=NC(C)C.C=CC(CO)=NCC. The van der Waals surface area contributed by atoms with Crippen LogP contribution in [-0.2, 0) is 0 Å². The molecule has 0 aromatic carbocycles. The summed E-state index contributed by atoms with van der Waals surface area (Å²) in [6.07, 6.45) is 18.6. The van der Waals surface area contributed by atoms with E-state index in [1.54, 1.807) is 75.6 Å². The van der Waals surface area contributed by atoms with Gasteiger partial charge in [0.15, 0.2) is 0 Å². The lowest BCUT2D eigenvalue weighted by molar-refractivity contribution is 0.237. The summed E-state index contributed by atoms with van der Waals surface area (Å²) >= 11 is 0. The third-order valence-corrected chi connectivity index (χ3v) is 24.7. The lowest BCUT2D eigenvalue weighted by Gasteiger charge is -2.33. The van der Waals surface area contributed by atoms with Crippen molar-refractivity contribution >= 4 is 87.1 Å². The molecule has 0 amide bonds. The number of hydrogen-bond acceptors (Lipinski definition) is 22. The van der Waals surface area contributed by atoms with E-state index in [1.807, 2.05) is 111 Å². The zero-order chi connectivity index (χ0) is 93.5. The minimum atomic E-state index is -1.59. The third kappa shape index (κ3) is 75.9. The number of hydrogen-bond donors (Lipinski definition) is 11. The molecule has 0 aliphatic carbocycles. The molecule has 0 saturated carbocycles. The molecular formula is C91H173N11O11Si3. The molecule has 116 heavy (non-hydrogen) atoms. The van der Waals surface area contributed by atoms with Crippen LogP contribution in [-0.4, -0.2) is 281 Å². The van der Waals surface area contributed by atoms with Gasteiger partial charge in [0.1, 0.15) is 12.2 Å². The molecule has 0 radical (unpaired) electrons. The van der Waals surface area contributed by atoms with Crippen LogP contribution >= 0.6 is 0 Å². The topological polar surface area (TPSA) is 358 Å². The van der Waals surface area contributed by atoms with Crippen LogP contribution < -0.4 is 0 Å². The summed E-state index contributed by atoms with van der Waals surface area (Å²) in [6, 6.07) is 4.24. The molecule has 0 bridgehead atoms. The van der Waals surface area contributed by atoms with Crippen LogP contribution in [0.3, 0.4) is 0 Å². The van der Waals surface area contributed by atoms with Gasteiger partial charge >= 0.3 is 0 Å². The average molecular weight is 1680 g/mol. The fourth-order valence-corrected chi connectivity index (χ4v) is 14.2. The summed E-state index contributed by atoms with van der Waals surface area (Å²) in [5.74, 6) is 0. The van der Waals surface area contributed by atoms with Crippen molar-refractivity contribution < 1.29 is 56.2 Å². The molecule has 0 aliphatic heterocycles. The Labute approximate surface area is 711 Å². The Balaban J connectivity index is -0.000000117. The van der Waals surface area contributed by atoms with E-state index in [4.69, 9.17) is 30.6 Å². The standard InChI is InChI=1S/C12H25NOSi.C10H21NOSi.C9H19NOSi.C9H17NO.2C8H15NO.C8H13NO.C7H13NO.C7H11NO.C7H13NO.C6H11NO/c1-6-11(13-7-2)12(14)15(8-3,9-4)10-5;1-7-9(11-8(2)3)10(12)13(4,5)6;1-6-8(10-7-2)9(11)12(3,4)5;1-5-8(9(11)6-2)10-7(3)4;1-5-8(7(4)10)9-6(2)3;2*1-4-7(9-6-3)8(10)5-2;1-4-7(5-9)8-6(2)3;1-4-6(8-3)7(9)5-2;1-4-7(6(3)9)8-5-2;1-3-6(5-8)7-4-2/h6,12,14H,1,7-10H2,2-5H3;7-8,10,12H,1H2,2-6H3;6,9,11H,1,7H2,2-5H3;5,7,9,11H,1,6H2,2-4H3;5-7,10H,1H2,2-4H3;4,8,10H,1,5-6H2,2-3H3;4-5,8,10H,1-2,6H2,3H3;4,6,9H,1,5H2,2-3H3;4-5,7,9H,1-2H2,3H3;4,6,9H,1,5H2,2-3H3;3,8H,1,4-5H2,2H3. The summed E-state index contributed by atoms with van der Waals surface area (Å²) in [5, 5.41) is 102. The predicted molar refractivity (Wildman–Crippen MR) is 528 cm³/mol. The molecule has 0 rings (SSSR count). The summed E-state index contributed by atoms with van der Waals surface area (Å²) < 4.78 is 0. The third-order valence-electron chi connectivity index (χ3n) is 15.2. The molecule has 0 aromatic rings. The number of aliphatic imine (C=N–C) groups is 11. The van der Waals surface area contributed by atoms with Crippen molar-refractivity contribution in [2.45, 2.75) is 294 Å². The van der Waals surface area contributed by atoms with Crippen molar-refractivity contribution in [1.82, 2.24) is 0 Å². The maximum absolute atomic E-state index is 10.4. The maximum atomic E-state index is 10.4. The van der Waals surface area contributed by atoms with Gasteiger partial charge in [-0.1, -0.05) is 177 Å². The van der Waals surface area contributed by atoms with Crippen molar-refractivity contribution in [1.29, 1.82) is 0 Å². The molecule has 9 atom stereocenters. The highest BCUT2D eigenvalue weighted by Gasteiger charge is 2.37. The van der Waals surface area contributed by atoms with E-state index in [1.165, 1.54) is 24.3 Å². The molecule has 0 aliphatic rings. The minimum Gasteiger partial charge on any atom is -0.390 e. The zero-order valence-electron chi connectivity index (χ0n) is 78.2. The summed E-state index contributed by atoms with van der Waals surface area (Å²) in [4.78, 5) is 45.0. The van der Waals surface area contributed by atoms with E-state index in [2.05, 4.69) is 200 Å². The average Bonchev–Trinajstić information content (AvgIpc) is 0.835. The quantitative estimate of drug-likeness (QED) is 0.0155. The van der Waals surface area contributed by atoms with E-state index < -0.39 is 66.6 Å². The van der Waals surface area contributed by atoms with Crippen molar-refractivity contribution in [3.63, 3.8) is 0 Å². The van der Waals surface area contributed by atoms with Gasteiger partial charge < -0.3 is 56.2 Å². The molecule has 0 saturated heterocycles. The van der Waals surface area contributed by atoms with E-state index in [9.17, 15) is 25.5 Å². The highest BCUT2D eigenvalue weighted by molar-refractivity contribution is 6.84. The molecular weight excluding hydrogens is 1510 g/mol. The van der Waals surface area contributed by atoms with E-state index >= 15 is 0 Å². The van der Waals surface area contributed by atoms with Gasteiger partial charge in [-0.2, -0.15) is 0 Å². The molecule has 0 spiro atoms. The molecule has 0 fully saturated rings. The van der Waals surface area contributed by atoms with Crippen LogP contribution in [0.5, 0.6) is 0 Å². The number of rotatable bonds is 42. The second-order valence-corrected chi connectivity index (χ2v) is 44.2. The Kier molecular flexibility index (Phi) is 98.4. The van der Waals surface area contributed by atoms with Gasteiger partial charge in [0, 0.05) is 70.5 Å². The second-order valence-electron chi connectivity index (χ2n) is 28.3. The number of aliphatic hydroxyl groups excluding tert-OH is 11. The Morgan fingerprint density at radius 1 is 0.293 bits per heavy atom. The minimum absolute atomic E-state index is 0.00264. The molecule has 25 heteroatoms. The number of aliphatic hydroxyl groups is 11. The molecule has 9 unspecified atom stereocenters. The first kappa shape index (κ1) is 133. The highest BCUT2D eigenvalue weighted by atomic mass is 28.3. The van der Waals surface area contributed by atoms with Crippen LogP contribution in [0.4, 0.5) is 0 Å². The first-order valence-electron chi connectivity index (χ1n) is 40.5.